The zero-order chi connectivity index (χ0) is 17.6. The second kappa shape index (κ2) is 7.48. The molecule has 0 saturated heterocycles. The van der Waals surface area contributed by atoms with Crippen LogP contribution >= 0.6 is 0 Å². The number of aromatic nitrogens is 3. The molecule has 0 radical (unpaired) electrons. The maximum Gasteiger partial charge on any atom is 0.160 e. The van der Waals surface area contributed by atoms with Crippen molar-refractivity contribution in [3.05, 3.63) is 54.5 Å². The van der Waals surface area contributed by atoms with Crippen LogP contribution in [0, 0.1) is 6.92 Å². The maximum absolute atomic E-state index is 6.19. The van der Waals surface area contributed by atoms with Gasteiger partial charge in [0.25, 0.3) is 0 Å². The van der Waals surface area contributed by atoms with Crippen molar-refractivity contribution >= 4 is 28.8 Å². The highest BCUT2D eigenvalue weighted by Crippen LogP contribution is 2.28. The highest BCUT2D eigenvalue weighted by molar-refractivity contribution is 5.79. The van der Waals surface area contributed by atoms with Gasteiger partial charge in [0, 0.05) is 11.4 Å². The lowest BCUT2D eigenvalue weighted by Crippen LogP contribution is -2.06. The first kappa shape index (κ1) is 16.5. The Morgan fingerprint density at radius 3 is 2.40 bits per heavy atom. The number of benzene rings is 1. The third-order valence-electron chi connectivity index (χ3n) is 3.45. The van der Waals surface area contributed by atoms with Crippen LogP contribution in [0.2, 0.25) is 0 Å². The maximum atomic E-state index is 6.19. The molecule has 3 rings (SSSR count). The fraction of sp³-hybridized carbons (Fsp3) is 0.167. The van der Waals surface area contributed by atoms with Crippen LogP contribution in [-0.4, -0.2) is 21.6 Å². The normalized spacial score (nSPS) is 10.3. The first-order valence-electron chi connectivity index (χ1n) is 7.96. The monoisotopic (exact) mass is 336 g/mol. The van der Waals surface area contributed by atoms with E-state index in [1.165, 1.54) is 6.33 Å². The Morgan fingerprint density at radius 2 is 1.72 bits per heavy atom. The topological polar surface area (TPSA) is 98.0 Å². The van der Waals surface area contributed by atoms with Crippen molar-refractivity contribution in [1.82, 2.24) is 15.0 Å². The molecular formula is C18H20N6O. The average molecular weight is 336 g/mol. The molecule has 3 aromatic rings. The number of nitrogens with one attached hydrogen (secondary N) is 2. The largest absolute Gasteiger partial charge is 0.494 e. The van der Waals surface area contributed by atoms with Crippen molar-refractivity contribution in [2.24, 2.45) is 0 Å². The van der Waals surface area contributed by atoms with Crippen molar-refractivity contribution in [3.63, 3.8) is 0 Å². The van der Waals surface area contributed by atoms with Crippen molar-refractivity contribution in [2.75, 3.05) is 23.0 Å². The summed E-state index contributed by atoms with van der Waals surface area (Å²) >= 11 is 0. The second-order valence-electron chi connectivity index (χ2n) is 5.36. The number of nitrogens with zero attached hydrogens (tertiary/aromatic N) is 3. The number of nitrogens with two attached hydrogens (primary N) is 1. The summed E-state index contributed by atoms with van der Waals surface area (Å²) in [5.74, 6) is 2.52. The van der Waals surface area contributed by atoms with E-state index in [0.717, 1.165) is 17.1 Å². The van der Waals surface area contributed by atoms with Gasteiger partial charge in [0.2, 0.25) is 0 Å². The van der Waals surface area contributed by atoms with E-state index in [9.17, 15) is 0 Å². The summed E-state index contributed by atoms with van der Waals surface area (Å²) in [6, 6.07) is 13.3. The van der Waals surface area contributed by atoms with Crippen LogP contribution in [0.5, 0.6) is 5.75 Å². The first-order chi connectivity index (χ1) is 12.2. The van der Waals surface area contributed by atoms with E-state index in [1.54, 1.807) is 0 Å². The Labute approximate surface area is 146 Å². The number of hydrogen-bond acceptors (Lipinski definition) is 7. The van der Waals surface area contributed by atoms with Crippen LogP contribution in [0.4, 0.5) is 28.8 Å². The molecule has 4 N–H and O–H groups in total. The molecule has 0 atom stereocenters. The Kier molecular flexibility index (Phi) is 4.94. The number of aryl methyl sites for hydroxylation is 1. The van der Waals surface area contributed by atoms with Crippen LogP contribution in [-0.2, 0) is 0 Å². The minimum Gasteiger partial charge on any atom is -0.494 e. The van der Waals surface area contributed by atoms with Gasteiger partial charge in [-0.15, -0.1) is 0 Å². The minimum atomic E-state index is 0.416. The number of rotatable bonds is 6. The predicted octanol–water partition coefficient (Wildman–Crippen LogP) is 3.65. The minimum absolute atomic E-state index is 0.416. The summed E-state index contributed by atoms with van der Waals surface area (Å²) in [7, 11) is 0. The van der Waals surface area contributed by atoms with Gasteiger partial charge in [0.15, 0.2) is 11.6 Å². The second-order valence-corrected chi connectivity index (χ2v) is 5.36. The standard InChI is InChI=1S/C18H20N6O/c1-3-25-14-9-7-13(8-10-14)23-17-16(19)18(21-11-20-17)24-15-6-4-5-12(2)22-15/h4-11H,3,19H2,1-2H3,(H2,20,21,22,23,24). The summed E-state index contributed by atoms with van der Waals surface area (Å²) in [5, 5.41) is 6.30. The van der Waals surface area contributed by atoms with E-state index < -0.39 is 0 Å². The lowest BCUT2D eigenvalue weighted by atomic mass is 10.3. The van der Waals surface area contributed by atoms with Crippen LogP contribution in [0.15, 0.2) is 48.8 Å². The highest BCUT2D eigenvalue weighted by Gasteiger charge is 2.09. The van der Waals surface area contributed by atoms with Gasteiger partial charge in [-0.25, -0.2) is 15.0 Å². The van der Waals surface area contributed by atoms with Crippen molar-refractivity contribution < 1.29 is 4.74 Å². The van der Waals surface area contributed by atoms with E-state index in [0.29, 0.717) is 29.7 Å². The van der Waals surface area contributed by atoms with Crippen LogP contribution < -0.4 is 21.1 Å². The Hall–Kier alpha value is -3.35. The molecule has 0 aliphatic rings. The summed E-state index contributed by atoms with van der Waals surface area (Å²) in [6.07, 6.45) is 1.45. The molecule has 0 aliphatic heterocycles. The predicted molar refractivity (Wildman–Crippen MR) is 99.6 cm³/mol. The molecule has 2 aromatic heterocycles. The van der Waals surface area contributed by atoms with Gasteiger partial charge in [-0.3, -0.25) is 0 Å². The summed E-state index contributed by atoms with van der Waals surface area (Å²) in [4.78, 5) is 12.8. The van der Waals surface area contributed by atoms with Crippen LogP contribution in [0.1, 0.15) is 12.6 Å². The van der Waals surface area contributed by atoms with Crippen molar-refractivity contribution in [1.29, 1.82) is 0 Å². The zero-order valence-electron chi connectivity index (χ0n) is 14.2. The Balaban J connectivity index is 1.78. The van der Waals surface area contributed by atoms with Gasteiger partial charge < -0.3 is 21.1 Å². The van der Waals surface area contributed by atoms with Gasteiger partial charge in [0.1, 0.15) is 23.6 Å². The molecule has 0 amide bonds. The van der Waals surface area contributed by atoms with E-state index in [4.69, 9.17) is 10.5 Å². The van der Waals surface area contributed by atoms with Crippen molar-refractivity contribution in [2.45, 2.75) is 13.8 Å². The molecule has 2 heterocycles. The quantitative estimate of drug-likeness (QED) is 0.632. The molecule has 7 nitrogen and oxygen atoms in total. The smallest absolute Gasteiger partial charge is 0.160 e. The molecule has 25 heavy (non-hydrogen) atoms. The molecule has 128 valence electrons. The Morgan fingerprint density at radius 1 is 1.00 bits per heavy atom. The zero-order valence-corrected chi connectivity index (χ0v) is 14.2. The first-order valence-corrected chi connectivity index (χ1v) is 7.96. The van der Waals surface area contributed by atoms with Gasteiger partial charge in [-0.2, -0.15) is 0 Å². The summed E-state index contributed by atoms with van der Waals surface area (Å²) in [6.45, 7) is 4.51. The van der Waals surface area contributed by atoms with Crippen LogP contribution in [0.3, 0.4) is 0 Å². The van der Waals surface area contributed by atoms with E-state index >= 15 is 0 Å². The van der Waals surface area contributed by atoms with Crippen molar-refractivity contribution in [3.8, 4) is 5.75 Å². The number of ether oxygens (including phenoxy) is 1. The van der Waals surface area contributed by atoms with Crippen LogP contribution in [0.25, 0.3) is 0 Å². The number of nitrogen functional groups attached to an aromatic ring is 1. The fourth-order valence-corrected chi connectivity index (χ4v) is 2.27. The number of anilines is 5. The van der Waals surface area contributed by atoms with Gasteiger partial charge in [-0.05, 0) is 50.2 Å². The number of hydrogen-bond donors (Lipinski definition) is 3. The molecule has 1 aromatic carbocycles. The summed E-state index contributed by atoms with van der Waals surface area (Å²) in [5.41, 5.74) is 8.37. The highest BCUT2D eigenvalue weighted by atomic mass is 16.5. The third kappa shape index (κ3) is 4.14. The lowest BCUT2D eigenvalue weighted by Gasteiger charge is -2.12. The summed E-state index contributed by atoms with van der Waals surface area (Å²) < 4.78 is 5.43. The van der Waals surface area contributed by atoms with E-state index in [2.05, 4.69) is 25.6 Å². The van der Waals surface area contributed by atoms with Gasteiger partial charge in [-0.1, -0.05) is 6.07 Å². The SMILES string of the molecule is CCOc1ccc(Nc2ncnc(Nc3cccc(C)n3)c2N)cc1. The van der Waals surface area contributed by atoms with Gasteiger partial charge in [0.05, 0.1) is 6.61 Å². The molecule has 0 fully saturated rings. The Bertz CT molecular complexity index is 850. The molecule has 0 bridgehead atoms. The molecule has 0 unspecified atom stereocenters. The fourth-order valence-electron chi connectivity index (χ4n) is 2.27. The number of pyridine rings is 1. The molecular weight excluding hydrogens is 316 g/mol. The lowest BCUT2D eigenvalue weighted by molar-refractivity contribution is 0.340. The third-order valence-corrected chi connectivity index (χ3v) is 3.45. The van der Waals surface area contributed by atoms with Gasteiger partial charge >= 0.3 is 0 Å². The van der Waals surface area contributed by atoms with E-state index in [1.807, 2.05) is 56.3 Å². The molecule has 7 heteroatoms. The molecule has 0 saturated carbocycles. The molecule has 0 spiro atoms. The van der Waals surface area contributed by atoms with E-state index in [-0.39, 0.29) is 0 Å². The average Bonchev–Trinajstić information content (AvgIpc) is 2.60. The molecule has 0 aliphatic carbocycles.